The largest absolute Gasteiger partial charge is 0.453 e. The molecule has 3 rings (SSSR count). The third-order valence-electron chi connectivity index (χ3n) is 4.38. The molecule has 0 heterocycles. The van der Waals surface area contributed by atoms with Gasteiger partial charge in [0.2, 0.25) is 0 Å². The van der Waals surface area contributed by atoms with Crippen LogP contribution in [0, 0.1) is 0 Å². The molecule has 0 radical (unpaired) electrons. The van der Waals surface area contributed by atoms with Crippen molar-refractivity contribution in [3.05, 3.63) is 59.7 Å². The molecule has 23 heavy (non-hydrogen) atoms. The lowest BCUT2D eigenvalue weighted by Crippen LogP contribution is -2.41. The second-order valence-electron chi connectivity index (χ2n) is 5.71. The average molecular weight is 309 g/mol. The Bertz CT molecular complexity index is 695. The summed E-state index contributed by atoms with van der Waals surface area (Å²) in [5.41, 5.74) is 4.38. The Labute approximate surface area is 135 Å². The zero-order chi connectivity index (χ0) is 16.4. The van der Waals surface area contributed by atoms with Crippen LogP contribution in [0.3, 0.4) is 0 Å². The van der Waals surface area contributed by atoms with Crippen LogP contribution in [0.1, 0.15) is 30.5 Å². The number of rotatable bonds is 4. The second-order valence-corrected chi connectivity index (χ2v) is 5.71. The van der Waals surface area contributed by atoms with Gasteiger partial charge in [-0.1, -0.05) is 48.5 Å². The first-order chi connectivity index (χ1) is 11.2. The van der Waals surface area contributed by atoms with Crippen molar-refractivity contribution in [2.24, 2.45) is 0 Å². The van der Waals surface area contributed by atoms with E-state index in [0.717, 1.165) is 28.5 Å². The molecule has 0 aliphatic heterocycles. The fraction of sp³-hybridized carbons (Fsp3) is 0.263. The second kappa shape index (κ2) is 6.24. The first-order valence-corrected chi connectivity index (χ1v) is 7.67. The third kappa shape index (κ3) is 2.50. The maximum absolute atomic E-state index is 12.4. The monoisotopic (exact) mass is 309 g/mol. The van der Waals surface area contributed by atoms with Crippen LogP contribution in [0.2, 0.25) is 0 Å². The Kier molecular flexibility index (Phi) is 4.15. The van der Waals surface area contributed by atoms with Crippen LogP contribution in [-0.4, -0.2) is 30.4 Å². The van der Waals surface area contributed by atoms with Gasteiger partial charge in [0.15, 0.2) is 0 Å². The number of hydrogen-bond acceptors (Lipinski definition) is 3. The lowest BCUT2D eigenvalue weighted by atomic mass is 10.0. The van der Waals surface area contributed by atoms with Crippen LogP contribution in [-0.2, 0) is 9.53 Å². The van der Waals surface area contributed by atoms with Crippen LogP contribution < -0.4 is 0 Å². The molecule has 0 saturated heterocycles. The Morgan fingerprint density at radius 3 is 2.13 bits per heavy atom. The van der Waals surface area contributed by atoms with E-state index >= 15 is 0 Å². The summed E-state index contributed by atoms with van der Waals surface area (Å²) in [6, 6.07) is 15.6. The zero-order valence-electron chi connectivity index (χ0n) is 13.2. The Morgan fingerprint density at radius 1 is 1.13 bits per heavy atom. The van der Waals surface area contributed by atoms with E-state index in [4.69, 9.17) is 4.74 Å². The predicted octanol–water partition coefficient (Wildman–Crippen LogP) is 3.80. The highest BCUT2D eigenvalue weighted by Gasteiger charge is 2.37. The van der Waals surface area contributed by atoms with Gasteiger partial charge in [0, 0.05) is 12.5 Å². The van der Waals surface area contributed by atoms with Crippen molar-refractivity contribution in [3.63, 3.8) is 0 Å². The van der Waals surface area contributed by atoms with E-state index in [1.807, 2.05) is 43.3 Å². The molecule has 0 saturated carbocycles. The SMILES string of the molecule is COC(=O)N(C1c2ccccc2-c2ccccc21)[C@H](C)CC=O. The number of fused-ring (bicyclic) bond motifs is 3. The molecule has 0 bridgehead atoms. The summed E-state index contributed by atoms with van der Waals surface area (Å²) in [5, 5.41) is 0. The van der Waals surface area contributed by atoms with Gasteiger partial charge >= 0.3 is 6.09 Å². The van der Waals surface area contributed by atoms with E-state index in [1.165, 1.54) is 7.11 Å². The molecule has 118 valence electrons. The Morgan fingerprint density at radius 2 is 1.65 bits per heavy atom. The molecule has 0 spiro atoms. The standard InChI is InChI=1S/C19H19NO3/c1-13(11-12-21)20(19(22)23-2)18-16-9-5-3-7-14(16)15-8-4-6-10-17(15)18/h3-10,12-13,18H,11H2,1-2H3/t13-/m1/s1. The molecule has 1 amide bonds. The molecular weight excluding hydrogens is 290 g/mol. The van der Waals surface area contributed by atoms with Crippen LogP contribution in [0.5, 0.6) is 0 Å². The molecule has 0 unspecified atom stereocenters. The molecule has 1 aliphatic rings. The number of carbonyl (C=O) groups excluding carboxylic acids is 2. The summed E-state index contributed by atoms with van der Waals surface area (Å²) in [6.45, 7) is 1.87. The molecule has 4 nitrogen and oxygen atoms in total. The van der Waals surface area contributed by atoms with Crippen LogP contribution in [0.4, 0.5) is 4.79 Å². The Hall–Kier alpha value is -2.62. The van der Waals surface area contributed by atoms with E-state index in [0.29, 0.717) is 0 Å². The molecule has 0 N–H and O–H groups in total. The van der Waals surface area contributed by atoms with Crippen LogP contribution >= 0.6 is 0 Å². The van der Waals surface area contributed by atoms with Crippen molar-refractivity contribution in [1.29, 1.82) is 0 Å². The van der Waals surface area contributed by atoms with Crippen molar-refractivity contribution < 1.29 is 14.3 Å². The van der Waals surface area contributed by atoms with Crippen molar-refractivity contribution in [2.75, 3.05) is 7.11 Å². The zero-order valence-corrected chi connectivity index (χ0v) is 13.2. The maximum Gasteiger partial charge on any atom is 0.410 e. The van der Waals surface area contributed by atoms with Gasteiger partial charge in [0.25, 0.3) is 0 Å². The molecule has 2 aromatic carbocycles. The number of methoxy groups -OCH3 is 1. The van der Waals surface area contributed by atoms with Gasteiger partial charge in [-0.15, -0.1) is 0 Å². The predicted molar refractivity (Wildman–Crippen MR) is 88.1 cm³/mol. The average Bonchev–Trinajstić information content (AvgIpc) is 2.90. The van der Waals surface area contributed by atoms with E-state index in [2.05, 4.69) is 12.1 Å². The summed E-state index contributed by atoms with van der Waals surface area (Å²) in [4.78, 5) is 25.0. The first-order valence-electron chi connectivity index (χ1n) is 7.67. The number of carbonyl (C=O) groups is 2. The number of aldehydes is 1. The fourth-order valence-corrected chi connectivity index (χ4v) is 3.33. The molecule has 2 aromatic rings. The Balaban J connectivity index is 2.16. The van der Waals surface area contributed by atoms with Crippen molar-refractivity contribution >= 4 is 12.4 Å². The quantitative estimate of drug-likeness (QED) is 0.807. The van der Waals surface area contributed by atoms with E-state index in [9.17, 15) is 9.59 Å². The lowest BCUT2D eigenvalue weighted by molar-refractivity contribution is -0.108. The van der Waals surface area contributed by atoms with Gasteiger partial charge in [-0.2, -0.15) is 0 Å². The summed E-state index contributed by atoms with van der Waals surface area (Å²) >= 11 is 0. The fourth-order valence-electron chi connectivity index (χ4n) is 3.33. The van der Waals surface area contributed by atoms with Gasteiger partial charge in [-0.25, -0.2) is 4.79 Å². The lowest BCUT2D eigenvalue weighted by Gasteiger charge is -2.33. The molecule has 1 atom stereocenters. The van der Waals surface area contributed by atoms with E-state index in [1.54, 1.807) is 4.90 Å². The summed E-state index contributed by atoms with van der Waals surface area (Å²) in [6.07, 6.45) is 0.694. The number of benzene rings is 2. The summed E-state index contributed by atoms with van der Waals surface area (Å²) < 4.78 is 4.99. The van der Waals surface area contributed by atoms with Gasteiger partial charge < -0.3 is 9.53 Å². The van der Waals surface area contributed by atoms with Crippen molar-refractivity contribution in [2.45, 2.75) is 25.4 Å². The van der Waals surface area contributed by atoms with Gasteiger partial charge in [0.05, 0.1) is 13.2 Å². The molecular formula is C19H19NO3. The third-order valence-corrected chi connectivity index (χ3v) is 4.38. The number of amides is 1. The normalized spacial score (nSPS) is 13.8. The smallest absolute Gasteiger partial charge is 0.410 e. The highest BCUT2D eigenvalue weighted by molar-refractivity contribution is 5.81. The minimum atomic E-state index is -0.421. The molecule has 0 aromatic heterocycles. The van der Waals surface area contributed by atoms with E-state index < -0.39 is 6.09 Å². The van der Waals surface area contributed by atoms with Crippen LogP contribution in [0.25, 0.3) is 11.1 Å². The number of nitrogens with zero attached hydrogens (tertiary/aromatic N) is 1. The minimum Gasteiger partial charge on any atom is -0.453 e. The van der Waals surface area contributed by atoms with Gasteiger partial charge in [-0.3, -0.25) is 4.90 Å². The topological polar surface area (TPSA) is 46.6 Å². The van der Waals surface area contributed by atoms with Crippen molar-refractivity contribution in [1.82, 2.24) is 4.90 Å². The maximum atomic E-state index is 12.4. The van der Waals surface area contributed by atoms with Crippen LogP contribution in [0.15, 0.2) is 48.5 Å². The van der Waals surface area contributed by atoms with Crippen molar-refractivity contribution in [3.8, 4) is 11.1 Å². The first kappa shape index (κ1) is 15.3. The van der Waals surface area contributed by atoms with E-state index in [-0.39, 0.29) is 18.5 Å². The highest BCUT2D eigenvalue weighted by atomic mass is 16.5. The number of hydrogen-bond donors (Lipinski definition) is 0. The highest BCUT2D eigenvalue weighted by Crippen LogP contribution is 2.47. The minimum absolute atomic E-state index is 0.232. The number of ether oxygens (including phenoxy) is 1. The van der Waals surface area contributed by atoms with Gasteiger partial charge in [-0.05, 0) is 29.2 Å². The summed E-state index contributed by atoms with van der Waals surface area (Å²) in [5.74, 6) is 0. The summed E-state index contributed by atoms with van der Waals surface area (Å²) in [7, 11) is 1.37. The molecule has 4 heteroatoms. The molecule has 0 fully saturated rings. The van der Waals surface area contributed by atoms with Gasteiger partial charge in [0.1, 0.15) is 6.29 Å². The molecule has 1 aliphatic carbocycles.